The number of hydrogen-bond donors (Lipinski definition) is 0. The first kappa shape index (κ1) is 16.6. The van der Waals surface area contributed by atoms with Gasteiger partial charge in [0.15, 0.2) is 0 Å². The minimum absolute atomic E-state index is 0.265. The second-order valence-corrected chi connectivity index (χ2v) is 7.73. The van der Waals surface area contributed by atoms with E-state index in [4.69, 9.17) is 16.1 Å². The molecular weight excluding hydrogens is 338 g/mol. The van der Waals surface area contributed by atoms with Gasteiger partial charge < -0.3 is 9.42 Å². The van der Waals surface area contributed by atoms with Gasteiger partial charge in [0.25, 0.3) is 0 Å². The van der Waals surface area contributed by atoms with Gasteiger partial charge in [-0.05, 0) is 55.4 Å². The smallest absolute Gasteiger partial charge is 0.226 e. The maximum atomic E-state index is 12.4. The van der Waals surface area contributed by atoms with E-state index in [0.29, 0.717) is 35.0 Å². The summed E-state index contributed by atoms with van der Waals surface area (Å²) in [4.78, 5) is 18.8. The zero-order chi connectivity index (χ0) is 17.3. The predicted octanol–water partition coefficient (Wildman–Crippen LogP) is 4.12. The molecule has 0 unspecified atom stereocenters. The molecule has 1 aromatic heterocycles. The number of rotatable bonds is 5. The lowest BCUT2D eigenvalue weighted by atomic mass is 9.68. The topological polar surface area (TPSA) is 59.2 Å². The van der Waals surface area contributed by atoms with E-state index in [0.717, 1.165) is 25.1 Å². The number of hydrogen-bond acceptors (Lipinski definition) is 4. The van der Waals surface area contributed by atoms with E-state index in [1.165, 1.54) is 25.7 Å². The molecular formula is C19H22ClN3O2. The Labute approximate surface area is 152 Å². The van der Waals surface area contributed by atoms with Crippen LogP contribution in [0.2, 0.25) is 5.02 Å². The van der Waals surface area contributed by atoms with Crippen LogP contribution in [0.25, 0.3) is 11.4 Å². The summed E-state index contributed by atoms with van der Waals surface area (Å²) in [7, 11) is 0. The number of carbonyl (C=O) groups is 1. The van der Waals surface area contributed by atoms with Crippen LogP contribution in [0.3, 0.4) is 0 Å². The molecule has 4 rings (SSSR count). The molecule has 0 bridgehead atoms. The molecule has 0 atom stereocenters. The van der Waals surface area contributed by atoms with Gasteiger partial charge in [0.1, 0.15) is 0 Å². The summed E-state index contributed by atoms with van der Waals surface area (Å²) in [6.07, 6.45) is 7.03. The lowest BCUT2D eigenvalue weighted by Crippen LogP contribution is -2.35. The summed E-state index contributed by atoms with van der Waals surface area (Å²) in [5.41, 5.74) is 1.34. The number of nitrogens with zero attached hydrogens (tertiary/aromatic N) is 3. The number of likely N-dealkylation sites (tertiary alicyclic amines) is 1. The van der Waals surface area contributed by atoms with Crippen molar-refractivity contribution < 1.29 is 9.32 Å². The normalized spacial score (nSPS) is 18.5. The molecule has 1 saturated carbocycles. The fourth-order valence-electron chi connectivity index (χ4n) is 3.85. The van der Waals surface area contributed by atoms with Gasteiger partial charge >= 0.3 is 0 Å². The molecule has 1 spiro atoms. The Morgan fingerprint density at radius 2 is 2.04 bits per heavy atom. The van der Waals surface area contributed by atoms with E-state index in [2.05, 4.69) is 10.1 Å². The van der Waals surface area contributed by atoms with Crippen molar-refractivity contribution in [1.82, 2.24) is 15.0 Å². The van der Waals surface area contributed by atoms with Crippen LogP contribution >= 0.6 is 11.6 Å². The van der Waals surface area contributed by atoms with Crippen LogP contribution in [0.15, 0.2) is 28.8 Å². The molecule has 1 saturated heterocycles. The lowest BCUT2D eigenvalue weighted by molar-refractivity contribution is -0.130. The van der Waals surface area contributed by atoms with Crippen molar-refractivity contribution in [3.63, 3.8) is 0 Å². The highest BCUT2D eigenvalue weighted by molar-refractivity contribution is 6.30. The maximum Gasteiger partial charge on any atom is 0.226 e. The fourth-order valence-corrected chi connectivity index (χ4v) is 3.98. The molecule has 1 aromatic carbocycles. The molecule has 2 aromatic rings. The lowest BCUT2D eigenvalue weighted by Gasteiger charge is -2.37. The van der Waals surface area contributed by atoms with Gasteiger partial charge in [-0.25, -0.2) is 0 Å². The van der Waals surface area contributed by atoms with Gasteiger partial charge in [0.05, 0.1) is 0 Å². The SMILES string of the molecule is O=C(CCCc1nc(-c2ccc(Cl)cc2)no1)N1CCC2(CCC2)C1. The molecule has 1 amide bonds. The van der Waals surface area contributed by atoms with E-state index >= 15 is 0 Å². The standard InChI is InChI=1S/C19H22ClN3O2/c20-15-7-5-14(6-8-15)18-21-16(25-22-18)3-1-4-17(24)23-12-11-19(13-23)9-2-10-19/h5-8H,1-4,9-13H2. The second-order valence-electron chi connectivity index (χ2n) is 7.29. The van der Waals surface area contributed by atoms with Crippen molar-refractivity contribution >= 4 is 17.5 Å². The highest BCUT2D eigenvalue weighted by Gasteiger charge is 2.43. The molecule has 2 aliphatic rings. The van der Waals surface area contributed by atoms with Gasteiger partial charge in [0.2, 0.25) is 17.6 Å². The molecule has 1 aliphatic carbocycles. The van der Waals surface area contributed by atoms with Crippen molar-refractivity contribution in [1.29, 1.82) is 0 Å². The third-order valence-corrected chi connectivity index (χ3v) is 5.81. The molecule has 6 heteroatoms. The van der Waals surface area contributed by atoms with Gasteiger partial charge in [-0.2, -0.15) is 4.98 Å². The first-order valence-electron chi connectivity index (χ1n) is 9.00. The first-order valence-corrected chi connectivity index (χ1v) is 9.38. The van der Waals surface area contributed by atoms with Gasteiger partial charge in [-0.1, -0.05) is 23.2 Å². The number of aryl methyl sites for hydroxylation is 1. The zero-order valence-corrected chi connectivity index (χ0v) is 15.0. The Bertz CT molecular complexity index is 752. The Morgan fingerprint density at radius 1 is 1.24 bits per heavy atom. The summed E-state index contributed by atoms with van der Waals surface area (Å²) in [5, 5.41) is 4.68. The number of halogens is 1. The zero-order valence-electron chi connectivity index (χ0n) is 14.2. The quantitative estimate of drug-likeness (QED) is 0.805. The minimum atomic E-state index is 0.265. The highest BCUT2D eigenvalue weighted by Crippen LogP contribution is 2.48. The Hall–Kier alpha value is -1.88. The van der Waals surface area contributed by atoms with Crippen LogP contribution in [-0.2, 0) is 11.2 Å². The van der Waals surface area contributed by atoms with Gasteiger partial charge in [-0.15, -0.1) is 0 Å². The number of carbonyl (C=O) groups excluding carboxylic acids is 1. The second kappa shape index (κ2) is 6.79. The minimum Gasteiger partial charge on any atom is -0.342 e. The Morgan fingerprint density at radius 3 is 2.72 bits per heavy atom. The monoisotopic (exact) mass is 359 g/mol. The average molecular weight is 360 g/mol. The van der Waals surface area contributed by atoms with Crippen molar-refractivity contribution in [2.45, 2.75) is 44.9 Å². The van der Waals surface area contributed by atoms with Crippen LogP contribution in [0.1, 0.15) is 44.4 Å². The predicted molar refractivity (Wildman–Crippen MR) is 95.2 cm³/mol. The first-order chi connectivity index (χ1) is 12.1. The number of aromatic nitrogens is 2. The molecule has 0 N–H and O–H groups in total. The van der Waals surface area contributed by atoms with Crippen molar-refractivity contribution in [3.05, 3.63) is 35.2 Å². The fraction of sp³-hybridized carbons (Fsp3) is 0.526. The molecule has 5 nitrogen and oxygen atoms in total. The van der Waals surface area contributed by atoms with Crippen LogP contribution in [0.5, 0.6) is 0 Å². The molecule has 0 radical (unpaired) electrons. The van der Waals surface area contributed by atoms with E-state index in [1.54, 1.807) is 12.1 Å². The molecule has 25 heavy (non-hydrogen) atoms. The number of amides is 1. The van der Waals surface area contributed by atoms with Gasteiger partial charge in [-0.3, -0.25) is 4.79 Å². The Balaban J connectivity index is 1.26. The third-order valence-electron chi connectivity index (χ3n) is 5.56. The van der Waals surface area contributed by atoms with Crippen LogP contribution in [-0.4, -0.2) is 34.0 Å². The van der Waals surface area contributed by atoms with E-state index in [1.807, 2.05) is 17.0 Å². The largest absolute Gasteiger partial charge is 0.342 e. The summed E-state index contributed by atoms with van der Waals surface area (Å²) in [6.45, 7) is 1.90. The van der Waals surface area contributed by atoms with Crippen molar-refractivity contribution in [2.24, 2.45) is 5.41 Å². The van der Waals surface area contributed by atoms with E-state index < -0.39 is 0 Å². The van der Waals surface area contributed by atoms with E-state index in [9.17, 15) is 4.79 Å². The van der Waals surface area contributed by atoms with Crippen LogP contribution in [0.4, 0.5) is 0 Å². The molecule has 1 aliphatic heterocycles. The summed E-state index contributed by atoms with van der Waals surface area (Å²) >= 11 is 5.89. The Kier molecular flexibility index (Phi) is 4.50. The molecule has 132 valence electrons. The summed E-state index contributed by atoms with van der Waals surface area (Å²) in [6, 6.07) is 7.33. The average Bonchev–Trinajstić information content (AvgIpc) is 3.22. The van der Waals surface area contributed by atoms with E-state index in [-0.39, 0.29) is 5.91 Å². The van der Waals surface area contributed by atoms with Gasteiger partial charge in [0, 0.05) is 36.5 Å². The maximum absolute atomic E-state index is 12.4. The number of benzene rings is 1. The summed E-state index contributed by atoms with van der Waals surface area (Å²) < 4.78 is 5.30. The van der Waals surface area contributed by atoms with Crippen LogP contribution in [0, 0.1) is 5.41 Å². The highest BCUT2D eigenvalue weighted by atomic mass is 35.5. The van der Waals surface area contributed by atoms with Crippen molar-refractivity contribution in [2.75, 3.05) is 13.1 Å². The van der Waals surface area contributed by atoms with Crippen molar-refractivity contribution in [3.8, 4) is 11.4 Å². The van der Waals surface area contributed by atoms with Crippen LogP contribution < -0.4 is 0 Å². The summed E-state index contributed by atoms with van der Waals surface area (Å²) in [5.74, 6) is 1.40. The molecule has 2 fully saturated rings. The molecule has 2 heterocycles. The third kappa shape index (κ3) is 3.56.